The van der Waals surface area contributed by atoms with Crippen molar-refractivity contribution in [3.8, 4) is 0 Å². The molecule has 0 radical (unpaired) electrons. The monoisotopic (exact) mass is 342 g/mol. The number of rotatable bonds is 7. The van der Waals surface area contributed by atoms with E-state index in [0.29, 0.717) is 11.5 Å². The number of carbonyl (C=O) groups excluding carboxylic acids is 4. The minimum Gasteiger partial charge on any atom is -0.359 e. The smallest absolute Gasteiger partial charge is 0.335 e. The summed E-state index contributed by atoms with van der Waals surface area (Å²) in [4.78, 5) is 49.2. The van der Waals surface area contributed by atoms with E-state index < -0.39 is 17.8 Å². The fraction of sp³-hybridized carbons (Fsp3) is 0.765. The molecule has 1 heterocycles. The Kier molecular flexibility index (Phi) is 10.7. The summed E-state index contributed by atoms with van der Waals surface area (Å²) in [5.74, 6) is -1.33. The molecule has 3 amide bonds. The van der Waals surface area contributed by atoms with Crippen molar-refractivity contribution in [2.75, 3.05) is 7.05 Å². The summed E-state index contributed by atoms with van der Waals surface area (Å²) in [7, 11) is 1.68. The van der Waals surface area contributed by atoms with Gasteiger partial charge in [-0.15, -0.1) is 5.06 Å². The van der Waals surface area contributed by atoms with Crippen molar-refractivity contribution in [3.05, 3.63) is 0 Å². The zero-order valence-electron chi connectivity index (χ0n) is 15.4. The summed E-state index contributed by atoms with van der Waals surface area (Å²) in [6, 6.07) is 0. The van der Waals surface area contributed by atoms with Gasteiger partial charge in [-0.3, -0.25) is 14.4 Å². The van der Waals surface area contributed by atoms with Gasteiger partial charge in [-0.25, -0.2) is 4.79 Å². The van der Waals surface area contributed by atoms with Gasteiger partial charge < -0.3 is 10.2 Å². The van der Waals surface area contributed by atoms with E-state index in [2.05, 4.69) is 12.2 Å². The van der Waals surface area contributed by atoms with E-state index in [1.165, 1.54) is 0 Å². The van der Waals surface area contributed by atoms with Gasteiger partial charge in [-0.2, -0.15) is 0 Å². The van der Waals surface area contributed by atoms with Crippen LogP contribution in [-0.4, -0.2) is 35.8 Å². The summed E-state index contributed by atoms with van der Waals surface area (Å²) in [5.41, 5.74) is 0. The highest BCUT2D eigenvalue weighted by atomic mass is 16.7. The van der Waals surface area contributed by atoms with Gasteiger partial charge in [-0.1, -0.05) is 40.5 Å². The minimum absolute atomic E-state index is 0.133. The molecule has 0 aliphatic carbocycles. The highest BCUT2D eigenvalue weighted by Crippen LogP contribution is 2.15. The second kappa shape index (κ2) is 11.6. The van der Waals surface area contributed by atoms with E-state index in [0.717, 1.165) is 19.3 Å². The van der Waals surface area contributed by atoms with Crippen LogP contribution in [0.5, 0.6) is 0 Å². The van der Waals surface area contributed by atoms with Crippen molar-refractivity contribution in [1.29, 1.82) is 0 Å². The minimum atomic E-state index is -0.513. The number of nitrogens with one attached hydrogen (secondary N) is 1. The summed E-state index contributed by atoms with van der Waals surface area (Å²) < 4.78 is 0. The molecule has 1 aliphatic heterocycles. The lowest BCUT2D eigenvalue weighted by molar-refractivity contribution is -0.200. The summed E-state index contributed by atoms with van der Waals surface area (Å²) in [6.07, 6.45) is 3.88. The molecule has 0 aromatic heterocycles. The van der Waals surface area contributed by atoms with Crippen LogP contribution >= 0.6 is 0 Å². The first-order valence-corrected chi connectivity index (χ1v) is 8.57. The van der Waals surface area contributed by atoms with Gasteiger partial charge in [0, 0.05) is 25.8 Å². The van der Waals surface area contributed by atoms with Crippen LogP contribution in [-0.2, 0) is 24.0 Å². The Morgan fingerprint density at radius 1 is 1.04 bits per heavy atom. The van der Waals surface area contributed by atoms with Crippen molar-refractivity contribution in [2.45, 2.75) is 66.2 Å². The van der Waals surface area contributed by atoms with Gasteiger partial charge in [0.25, 0.3) is 11.8 Å². The first-order chi connectivity index (χ1) is 11.3. The standard InChI is InChI=1S/C10H15NO4.C7H15NO/c1-3-4-7(2)10(14)15-11-8(12)5-6-9(11)13;1-4-5-6(2)7(9)8-3/h7H,3-6H2,1-2H3;6H,4-5H2,1-3H3,(H,8,9). The Labute approximate surface area is 144 Å². The average molecular weight is 342 g/mol. The lowest BCUT2D eigenvalue weighted by Gasteiger charge is -2.15. The van der Waals surface area contributed by atoms with Gasteiger partial charge in [0.15, 0.2) is 0 Å². The van der Waals surface area contributed by atoms with Crippen LogP contribution in [0.1, 0.15) is 66.2 Å². The fourth-order valence-corrected chi connectivity index (χ4v) is 2.20. The van der Waals surface area contributed by atoms with E-state index in [1.54, 1.807) is 14.0 Å². The van der Waals surface area contributed by atoms with Gasteiger partial charge >= 0.3 is 5.97 Å². The molecule has 138 valence electrons. The van der Waals surface area contributed by atoms with Crippen LogP contribution in [0.15, 0.2) is 0 Å². The van der Waals surface area contributed by atoms with Crippen LogP contribution < -0.4 is 5.32 Å². The second-order valence-electron chi connectivity index (χ2n) is 5.99. The molecule has 24 heavy (non-hydrogen) atoms. The molecule has 0 saturated carbocycles. The maximum atomic E-state index is 11.4. The Morgan fingerprint density at radius 3 is 1.92 bits per heavy atom. The average Bonchev–Trinajstić information content (AvgIpc) is 2.87. The van der Waals surface area contributed by atoms with Crippen LogP contribution in [0.25, 0.3) is 0 Å². The molecule has 0 aromatic rings. The Balaban J connectivity index is 0.000000506. The number of imide groups is 1. The van der Waals surface area contributed by atoms with Gasteiger partial charge in [0.1, 0.15) is 0 Å². The molecule has 7 nitrogen and oxygen atoms in total. The lowest BCUT2D eigenvalue weighted by atomic mass is 10.1. The van der Waals surface area contributed by atoms with Crippen LogP contribution in [0, 0.1) is 11.8 Å². The number of hydroxylamine groups is 2. The first-order valence-electron chi connectivity index (χ1n) is 8.57. The zero-order chi connectivity index (χ0) is 18.7. The SMILES string of the molecule is CCCC(C)C(=O)NC.CCCC(C)C(=O)ON1C(=O)CCC1=O. The van der Waals surface area contributed by atoms with E-state index in [4.69, 9.17) is 4.84 Å². The van der Waals surface area contributed by atoms with Crippen LogP contribution in [0.3, 0.4) is 0 Å². The maximum Gasteiger partial charge on any atom is 0.335 e. The second-order valence-corrected chi connectivity index (χ2v) is 5.99. The molecular formula is C17H30N2O5. The Morgan fingerprint density at radius 2 is 1.50 bits per heavy atom. The van der Waals surface area contributed by atoms with E-state index in [9.17, 15) is 19.2 Å². The molecule has 2 atom stereocenters. The Bertz CT molecular complexity index is 434. The topological polar surface area (TPSA) is 92.8 Å². The van der Waals surface area contributed by atoms with Gasteiger partial charge in [0.2, 0.25) is 5.91 Å². The van der Waals surface area contributed by atoms with Crippen molar-refractivity contribution in [3.63, 3.8) is 0 Å². The molecule has 2 unspecified atom stereocenters. The molecule has 0 spiro atoms. The molecular weight excluding hydrogens is 312 g/mol. The molecule has 7 heteroatoms. The largest absolute Gasteiger partial charge is 0.359 e. The number of nitrogens with zero attached hydrogens (tertiary/aromatic N) is 1. The highest BCUT2D eigenvalue weighted by Gasteiger charge is 2.33. The molecule has 1 fully saturated rings. The molecule has 1 rings (SSSR count). The fourth-order valence-electron chi connectivity index (χ4n) is 2.20. The van der Waals surface area contributed by atoms with Crippen molar-refractivity contribution in [2.24, 2.45) is 11.8 Å². The molecule has 1 N–H and O–H groups in total. The van der Waals surface area contributed by atoms with Crippen LogP contribution in [0.4, 0.5) is 0 Å². The number of carbonyl (C=O) groups is 4. The third kappa shape index (κ3) is 7.57. The normalized spacial score (nSPS) is 16.1. The predicted octanol–water partition coefficient (Wildman–Crippen LogP) is 2.20. The first kappa shape index (κ1) is 22.1. The summed E-state index contributed by atoms with van der Waals surface area (Å²) in [6.45, 7) is 7.70. The zero-order valence-corrected chi connectivity index (χ0v) is 15.4. The molecule has 1 aliphatic rings. The third-order valence-corrected chi connectivity index (χ3v) is 3.73. The van der Waals surface area contributed by atoms with Gasteiger partial charge in [-0.05, 0) is 12.8 Å². The number of hydrogen-bond acceptors (Lipinski definition) is 5. The van der Waals surface area contributed by atoms with E-state index >= 15 is 0 Å². The predicted molar refractivity (Wildman–Crippen MR) is 89.4 cm³/mol. The van der Waals surface area contributed by atoms with Crippen molar-refractivity contribution >= 4 is 23.7 Å². The molecule has 1 saturated heterocycles. The molecule has 0 aromatic carbocycles. The third-order valence-electron chi connectivity index (χ3n) is 3.73. The number of hydrogen-bond donors (Lipinski definition) is 1. The van der Waals surface area contributed by atoms with Crippen molar-refractivity contribution < 1.29 is 24.0 Å². The lowest BCUT2D eigenvalue weighted by Crippen LogP contribution is -2.34. The maximum absolute atomic E-state index is 11.4. The van der Waals surface area contributed by atoms with E-state index in [1.807, 2.05) is 13.8 Å². The highest BCUT2D eigenvalue weighted by molar-refractivity contribution is 6.01. The quantitative estimate of drug-likeness (QED) is 0.716. The number of amides is 3. The summed E-state index contributed by atoms with van der Waals surface area (Å²) in [5, 5.41) is 3.20. The summed E-state index contributed by atoms with van der Waals surface area (Å²) >= 11 is 0. The van der Waals surface area contributed by atoms with Crippen LogP contribution in [0.2, 0.25) is 0 Å². The Hall–Kier alpha value is -1.92. The molecule has 0 bridgehead atoms. The van der Waals surface area contributed by atoms with E-state index in [-0.39, 0.29) is 30.6 Å². The van der Waals surface area contributed by atoms with Crippen molar-refractivity contribution in [1.82, 2.24) is 10.4 Å². The van der Waals surface area contributed by atoms with Gasteiger partial charge in [0.05, 0.1) is 5.92 Å².